The van der Waals surface area contributed by atoms with Crippen molar-refractivity contribution in [2.45, 2.75) is 26.4 Å². The van der Waals surface area contributed by atoms with Gasteiger partial charge in [-0.25, -0.2) is 0 Å². The molecule has 1 atom stereocenters. The molecule has 1 amide bonds. The predicted molar refractivity (Wildman–Crippen MR) is 44.0 cm³/mol. The second kappa shape index (κ2) is 4.91. The van der Waals surface area contributed by atoms with Crippen molar-refractivity contribution in [2.75, 3.05) is 6.61 Å². The molecule has 0 bridgehead atoms. The van der Waals surface area contributed by atoms with E-state index in [1.54, 1.807) is 6.92 Å². The van der Waals surface area contributed by atoms with Gasteiger partial charge in [0, 0.05) is 12.2 Å². The van der Waals surface area contributed by atoms with Gasteiger partial charge in [0.1, 0.15) is 0 Å². The number of hydrogen-bond donors (Lipinski definition) is 1. The lowest BCUT2D eigenvalue weighted by Crippen LogP contribution is -2.23. The van der Waals surface area contributed by atoms with Gasteiger partial charge in [-0.05, 0) is 13.3 Å². The second-order valence-electron chi connectivity index (χ2n) is 2.40. The smallest absolute Gasteiger partial charge is 0.246 e. The van der Waals surface area contributed by atoms with E-state index in [-0.39, 0.29) is 6.10 Å². The van der Waals surface area contributed by atoms with Crippen molar-refractivity contribution in [1.82, 2.24) is 0 Å². The minimum absolute atomic E-state index is 0.257. The summed E-state index contributed by atoms with van der Waals surface area (Å²) in [7, 11) is 0. The predicted octanol–water partition coefficient (Wildman–Crippen LogP) is 0.843. The van der Waals surface area contributed by atoms with E-state index in [9.17, 15) is 4.79 Å². The number of primary amides is 1. The fourth-order valence-electron chi connectivity index (χ4n) is 0.596. The van der Waals surface area contributed by atoms with Gasteiger partial charge >= 0.3 is 0 Å². The maximum atomic E-state index is 10.5. The first-order valence-corrected chi connectivity index (χ1v) is 3.69. The van der Waals surface area contributed by atoms with Crippen LogP contribution in [0.2, 0.25) is 0 Å². The standard InChI is InChI=1S/C8H15NO2/c1-4-5-11-7(3)6(2)8(9)10/h7H,2,4-5H2,1,3H3,(H2,9,10). The molecule has 0 aliphatic heterocycles. The third-order valence-electron chi connectivity index (χ3n) is 1.38. The Hall–Kier alpha value is -0.830. The van der Waals surface area contributed by atoms with Crippen LogP contribution < -0.4 is 5.73 Å². The van der Waals surface area contributed by atoms with Gasteiger partial charge in [0.05, 0.1) is 6.10 Å². The summed E-state index contributed by atoms with van der Waals surface area (Å²) >= 11 is 0. The zero-order chi connectivity index (χ0) is 8.85. The van der Waals surface area contributed by atoms with E-state index in [1.165, 1.54) is 0 Å². The van der Waals surface area contributed by atoms with Crippen molar-refractivity contribution in [3.8, 4) is 0 Å². The number of hydrogen-bond acceptors (Lipinski definition) is 2. The molecule has 11 heavy (non-hydrogen) atoms. The largest absolute Gasteiger partial charge is 0.374 e. The molecule has 1 unspecified atom stereocenters. The monoisotopic (exact) mass is 157 g/mol. The van der Waals surface area contributed by atoms with Crippen LogP contribution in [-0.4, -0.2) is 18.6 Å². The maximum absolute atomic E-state index is 10.5. The summed E-state index contributed by atoms with van der Waals surface area (Å²) in [5.41, 5.74) is 5.32. The van der Waals surface area contributed by atoms with E-state index in [1.807, 2.05) is 6.92 Å². The molecule has 0 fully saturated rings. The Morgan fingerprint density at radius 3 is 2.64 bits per heavy atom. The van der Waals surface area contributed by atoms with E-state index in [2.05, 4.69) is 6.58 Å². The molecule has 2 N–H and O–H groups in total. The molecule has 0 aliphatic rings. The lowest BCUT2D eigenvalue weighted by molar-refractivity contribution is -0.115. The highest BCUT2D eigenvalue weighted by Gasteiger charge is 2.10. The number of carbonyl (C=O) groups is 1. The number of nitrogens with two attached hydrogens (primary N) is 1. The van der Waals surface area contributed by atoms with E-state index < -0.39 is 5.91 Å². The Kier molecular flexibility index (Phi) is 4.54. The van der Waals surface area contributed by atoms with Gasteiger partial charge in [-0.1, -0.05) is 13.5 Å². The highest BCUT2D eigenvalue weighted by Crippen LogP contribution is 2.02. The Balaban J connectivity index is 3.73. The molecule has 3 heteroatoms. The van der Waals surface area contributed by atoms with Gasteiger partial charge in [-0.2, -0.15) is 0 Å². The molecule has 0 saturated carbocycles. The number of ether oxygens (including phenoxy) is 1. The highest BCUT2D eigenvalue weighted by atomic mass is 16.5. The van der Waals surface area contributed by atoms with E-state index in [0.717, 1.165) is 6.42 Å². The molecule has 0 aromatic carbocycles. The average molecular weight is 157 g/mol. The van der Waals surface area contributed by atoms with Gasteiger partial charge < -0.3 is 10.5 Å². The molecule has 0 saturated heterocycles. The fraction of sp³-hybridized carbons (Fsp3) is 0.625. The van der Waals surface area contributed by atoms with Crippen LogP contribution in [0.25, 0.3) is 0 Å². The molecule has 0 rings (SSSR count). The number of amides is 1. The van der Waals surface area contributed by atoms with Crippen molar-refractivity contribution in [2.24, 2.45) is 5.73 Å². The van der Waals surface area contributed by atoms with Crippen molar-refractivity contribution < 1.29 is 9.53 Å². The Labute approximate surface area is 67.2 Å². The first kappa shape index (κ1) is 10.2. The highest BCUT2D eigenvalue weighted by molar-refractivity contribution is 5.92. The fourth-order valence-corrected chi connectivity index (χ4v) is 0.596. The van der Waals surface area contributed by atoms with Crippen LogP contribution >= 0.6 is 0 Å². The SMILES string of the molecule is C=C(C(N)=O)C(C)OCCC. The zero-order valence-corrected chi connectivity index (χ0v) is 7.09. The quantitative estimate of drug-likeness (QED) is 0.601. The molecule has 0 radical (unpaired) electrons. The zero-order valence-electron chi connectivity index (χ0n) is 7.09. The number of rotatable bonds is 5. The maximum Gasteiger partial charge on any atom is 0.246 e. The lowest BCUT2D eigenvalue weighted by atomic mass is 10.2. The van der Waals surface area contributed by atoms with Gasteiger partial charge in [0.25, 0.3) is 0 Å². The first-order valence-electron chi connectivity index (χ1n) is 3.69. The Morgan fingerprint density at radius 2 is 2.27 bits per heavy atom. The van der Waals surface area contributed by atoms with Crippen LogP contribution in [0, 0.1) is 0 Å². The molecular weight excluding hydrogens is 142 g/mol. The Bertz CT molecular complexity index is 154. The van der Waals surface area contributed by atoms with Gasteiger partial charge in [-0.3, -0.25) is 4.79 Å². The van der Waals surface area contributed by atoms with Crippen LogP contribution in [0.5, 0.6) is 0 Å². The number of carbonyl (C=O) groups excluding carboxylic acids is 1. The molecule has 3 nitrogen and oxygen atoms in total. The van der Waals surface area contributed by atoms with E-state index in [4.69, 9.17) is 10.5 Å². The van der Waals surface area contributed by atoms with Crippen molar-refractivity contribution in [1.29, 1.82) is 0 Å². The van der Waals surface area contributed by atoms with Crippen LogP contribution in [0.3, 0.4) is 0 Å². The summed E-state index contributed by atoms with van der Waals surface area (Å²) in [6.07, 6.45) is 0.670. The van der Waals surface area contributed by atoms with Gasteiger partial charge in [-0.15, -0.1) is 0 Å². The second-order valence-corrected chi connectivity index (χ2v) is 2.40. The van der Waals surface area contributed by atoms with E-state index in [0.29, 0.717) is 12.2 Å². The third-order valence-corrected chi connectivity index (χ3v) is 1.38. The van der Waals surface area contributed by atoms with Gasteiger partial charge in [0.15, 0.2) is 0 Å². The summed E-state index contributed by atoms with van der Waals surface area (Å²) in [6.45, 7) is 7.91. The van der Waals surface area contributed by atoms with Crippen molar-refractivity contribution >= 4 is 5.91 Å². The summed E-state index contributed by atoms with van der Waals surface area (Å²) in [5.74, 6) is -0.492. The average Bonchev–Trinajstić information content (AvgIpc) is 1.98. The van der Waals surface area contributed by atoms with Crippen molar-refractivity contribution in [3.63, 3.8) is 0 Å². The van der Waals surface area contributed by atoms with Crippen LogP contribution in [0.4, 0.5) is 0 Å². The molecule has 0 aromatic rings. The first-order chi connectivity index (χ1) is 5.09. The molecule has 64 valence electrons. The normalized spacial score (nSPS) is 12.5. The molecular formula is C8H15NO2. The summed E-state index contributed by atoms with van der Waals surface area (Å²) in [6, 6.07) is 0. The molecule has 0 aromatic heterocycles. The molecule has 0 heterocycles. The van der Waals surface area contributed by atoms with Crippen molar-refractivity contribution in [3.05, 3.63) is 12.2 Å². The van der Waals surface area contributed by atoms with Gasteiger partial charge in [0.2, 0.25) is 5.91 Å². The minimum Gasteiger partial charge on any atom is -0.374 e. The Morgan fingerprint density at radius 1 is 1.73 bits per heavy atom. The molecule has 0 aliphatic carbocycles. The topological polar surface area (TPSA) is 52.3 Å². The molecule has 0 spiro atoms. The summed E-state index contributed by atoms with van der Waals surface area (Å²) in [5, 5.41) is 0. The van der Waals surface area contributed by atoms with Crippen LogP contribution in [-0.2, 0) is 9.53 Å². The van der Waals surface area contributed by atoms with Crippen LogP contribution in [0.15, 0.2) is 12.2 Å². The summed E-state index contributed by atoms with van der Waals surface area (Å²) < 4.78 is 5.21. The van der Waals surface area contributed by atoms with Crippen LogP contribution in [0.1, 0.15) is 20.3 Å². The lowest BCUT2D eigenvalue weighted by Gasteiger charge is -2.11. The van der Waals surface area contributed by atoms with E-state index >= 15 is 0 Å². The third kappa shape index (κ3) is 3.78. The summed E-state index contributed by atoms with van der Waals surface area (Å²) in [4.78, 5) is 10.5. The minimum atomic E-state index is -0.492.